The number of carboxylic acids is 1. The average Bonchev–Trinajstić information content (AvgIpc) is 2.60. The molecule has 1 aromatic carbocycles. The van der Waals surface area contributed by atoms with Gasteiger partial charge < -0.3 is 10.4 Å². The Hall–Kier alpha value is -2.78. The summed E-state index contributed by atoms with van der Waals surface area (Å²) in [5.74, 6) is -1.31. The molecule has 9 heteroatoms. The summed E-state index contributed by atoms with van der Waals surface area (Å²) in [7, 11) is -3.74. The number of aromatic nitrogens is 1. The van der Waals surface area contributed by atoms with E-state index in [1.54, 1.807) is 0 Å². The highest BCUT2D eigenvalue weighted by atomic mass is 32.2. The number of carboxylic acid groups (broad SMARTS) is 1. The van der Waals surface area contributed by atoms with Crippen LogP contribution in [0.4, 0.5) is 5.69 Å². The van der Waals surface area contributed by atoms with Crippen molar-refractivity contribution in [3.8, 4) is 0 Å². The molecule has 0 unspecified atom stereocenters. The summed E-state index contributed by atoms with van der Waals surface area (Å²) in [5, 5.41) is 11.8. The van der Waals surface area contributed by atoms with Gasteiger partial charge >= 0.3 is 5.97 Å². The smallest absolute Gasteiger partial charge is 0.337 e. The van der Waals surface area contributed by atoms with Gasteiger partial charge in [-0.25, -0.2) is 13.2 Å². The predicted octanol–water partition coefficient (Wildman–Crippen LogP) is 1.49. The Kier molecular flexibility index (Phi) is 4.75. The Morgan fingerprint density at radius 2 is 1.88 bits per heavy atom. The fourth-order valence-electron chi connectivity index (χ4n) is 2.92. The Labute approximate surface area is 150 Å². The number of hydrogen-bond donors (Lipinski definition) is 2. The first kappa shape index (κ1) is 18.0. The van der Waals surface area contributed by atoms with Gasteiger partial charge in [-0.1, -0.05) is 0 Å². The molecule has 0 radical (unpaired) electrons. The molecule has 8 nitrogen and oxygen atoms in total. The Balaban J connectivity index is 1.86. The third-order valence-electron chi connectivity index (χ3n) is 4.15. The number of fused-ring (bicyclic) bond motifs is 1. The zero-order valence-corrected chi connectivity index (χ0v) is 14.8. The van der Waals surface area contributed by atoms with Gasteiger partial charge in [-0.2, -0.15) is 4.31 Å². The number of benzene rings is 1. The fourth-order valence-corrected chi connectivity index (χ4v) is 4.34. The van der Waals surface area contributed by atoms with Gasteiger partial charge in [-0.15, -0.1) is 0 Å². The van der Waals surface area contributed by atoms with Crippen LogP contribution in [0, 0.1) is 0 Å². The molecular formula is C17H17N3O5S. The fraction of sp³-hybridized carbons (Fsp3) is 0.235. The SMILES string of the molecule is CC(=O)Nc1ccc(S(=O)(=O)N2CCc3c(cncc3C(=O)O)C2)cc1. The van der Waals surface area contributed by atoms with E-state index in [0.717, 1.165) is 0 Å². The van der Waals surface area contributed by atoms with E-state index in [0.29, 0.717) is 23.2 Å². The van der Waals surface area contributed by atoms with E-state index in [4.69, 9.17) is 0 Å². The van der Waals surface area contributed by atoms with Crippen LogP contribution in [0.15, 0.2) is 41.6 Å². The van der Waals surface area contributed by atoms with Crippen LogP contribution >= 0.6 is 0 Å². The first-order valence-corrected chi connectivity index (χ1v) is 9.30. The first-order chi connectivity index (χ1) is 12.3. The van der Waals surface area contributed by atoms with Crippen LogP contribution in [0.1, 0.15) is 28.4 Å². The van der Waals surface area contributed by atoms with Crippen molar-refractivity contribution in [1.82, 2.24) is 9.29 Å². The first-order valence-electron chi connectivity index (χ1n) is 7.86. The lowest BCUT2D eigenvalue weighted by Crippen LogP contribution is -2.36. The maximum absolute atomic E-state index is 12.9. The van der Waals surface area contributed by atoms with Crippen molar-refractivity contribution >= 4 is 27.6 Å². The monoisotopic (exact) mass is 375 g/mol. The highest BCUT2D eigenvalue weighted by Gasteiger charge is 2.30. The number of sulfonamides is 1. The molecule has 0 spiro atoms. The van der Waals surface area contributed by atoms with Crippen LogP contribution in [0.5, 0.6) is 0 Å². The molecule has 0 saturated carbocycles. The molecule has 1 aliphatic heterocycles. The highest BCUT2D eigenvalue weighted by Crippen LogP contribution is 2.27. The number of aromatic carboxylic acids is 1. The molecule has 0 aliphatic carbocycles. The summed E-state index contributed by atoms with van der Waals surface area (Å²) in [6.07, 6.45) is 3.10. The molecule has 0 fully saturated rings. The molecule has 2 aromatic rings. The molecule has 3 rings (SSSR count). The van der Waals surface area contributed by atoms with E-state index in [1.807, 2.05) is 0 Å². The van der Waals surface area contributed by atoms with Crippen LogP contribution in [-0.2, 0) is 27.8 Å². The number of carbonyl (C=O) groups is 2. The van der Waals surface area contributed by atoms with E-state index in [-0.39, 0.29) is 29.5 Å². The van der Waals surface area contributed by atoms with Crippen LogP contribution in [0.25, 0.3) is 0 Å². The third-order valence-corrected chi connectivity index (χ3v) is 6.01. The van der Waals surface area contributed by atoms with Gasteiger partial charge in [-0.05, 0) is 41.8 Å². The van der Waals surface area contributed by atoms with Crippen molar-refractivity contribution in [2.45, 2.75) is 24.8 Å². The van der Waals surface area contributed by atoms with Gasteiger partial charge in [0.15, 0.2) is 0 Å². The number of nitrogens with zero attached hydrogens (tertiary/aromatic N) is 2. The second kappa shape index (κ2) is 6.85. The molecule has 1 amide bonds. The van der Waals surface area contributed by atoms with E-state index >= 15 is 0 Å². The minimum atomic E-state index is -3.74. The minimum Gasteiger partial charge on any atom is -0.478 e. The van der Waals surface area contributed by atoms with Crippen molar-refractivity contribution in [3.63, 3.8) is 0 Å². The number of amides is 1. The summed E-state index contributed by atoms with van der Waals surface area (Å²) in [5.41, 5.74) is 1.84. The Bertz CT molecular complexity index is 970. The summed E-state index contributed by atoms with van der Waals surface area (Å²) in [4.78, 5) is 26.3. The molecule has 0 saturated heterocycles. The number of anilines is 1. The van der Waals surface area contributed by atoms with E-state index in [1.165, 1.54) is 47.9 Å². The molecule has 2 N–H and O–H groups in total. The van der Waals surface area contributed by atoms with E-state index in [9.17, 15) is 23.1 Å². The summed E-state index contributed by atoms with van der Waals surface area (Å²) >= 11 is 0. The second-order valence-corrected chi connectivity index (χ2v) is 7.86. The maximum atomic E-state index is 12.9. The normalized spacial score (nSPS) is 14.5. The molecule has 0 bridgehead atoms. The molecule has 136 valence electrons. The van der Waals surface area contributed by atoms with E-state index < -0.39 is 16.0 Å². The van der Waals surface area contributed by atoms with Crippen LogP contribution in [0.3, 0.4) is 0 Å². The number of pyridine rings is 1. The Morgan fingerprint density at radius 3 is 2.50 bits per heavy atom. The van der Waals surface area contributed by atoms with Crippen molar-refractivity contribution in [2.75, 3.05) is 11.9 Å². The average molecular weight is 375 g/mol. The minimum absolute atomic E-state index is 0.0687. The second-order valence-electron chi connectivity index (χ2n) is 5.92. The molecule has 0 atom stereocenters. The lowest BCUT2D eigenvalue weighted by Gasteiger charge is -2.28. The third kappa shape index (κ3) is 3.44. The van der Waals surface area contributed by atoms with Crippen molar-refractivity contribution in [3.05, 3.63) is 53.3 Å². The number of hydrogen-bond acceptors (Lipinski definition) is 5. The summed E-state index contributed by atoms with van der Waals surface area (Å²) < 4.78 is 27.0. The number of carbonyl (C=O) groups excluding carboxylic acids is 1. The Morgan fingerprint density at radius 1 is 1.19 bits per heavy atom. The largest absolute Gasteiger partial charge is 0.478 e. The van der Waals surface area contributed by atoms with Gasteiger partial charge in [0.2, 0.25) is 15.9 Å². The molecule has 1 aromatic heterocycles. The topological polar surface area (TPSA) is 117 Å². The molecule has 2 heterocycles. The van der Waals surface area contributed by atoms with Crippen molar-refractivity contribution in [2.24, 2.45) is 0 Å². The molecular weight excluding hydrogens is 358 g/mol. The van der Waals surface area contributed by atoms with Crippen LogP contribution < -0.4 is 5.32 Å². The zero-order valence-electron chi connectivity index (χ0n) is 14.0. The maximum Gasteiger partial charge on any atom is 0.337 e. The number of nitrogens with one attached hydrogen (secondary N) is 1. The van der Waals surface area contributed by atoms with Gasteiger partial charge in [0.1, 0.15) is 0 Å². The number of rotatable bonds is 4. The van der Waals surface area contributed by atoms with Gasteiger partial charge in [0.05, 0.1) is 10.5 Å². The molecule has 1 aliphatic rings. The van der Waals surface area contributed by atoms with Crippen molar-refractivity contribution < 1.29 is 23.1 Å². The standard InChI is InChI=1S/C17H17N3O5S/c1-11(21)19-13-2-4-14(5-3-13)26(24,25)20-7-6-15-12(10-20)8-18-9-16(15)17(22)23/h2-5,8-9H,6-7,10H2,1H3,(H,19,21)(H,22,23). The zero-order chi connectivity index (χ0) is 18.9. The lowest BCUT2D eigenvalue weighted by molar-refractivity contribution is -0.114. The van der Waals surface area contributed by atoms with Gasteiger partial charge in [0.25, 0.3) is 0 Å². The quantitative estimate of drug-likeness (QED) is 0.836. The highest BCUT2D eigenvalue weighted by molar-refractivity contribution is 7.89. The van der Waals surface area contributed by atoms with Crippen molar-refractivity contribution in [1.29, 1.82) is 0 Å². The lowest BCUT2D eigenvalue weighted by atomic mass is 9.98. The summed E-state index contributed by atoms with van der Waals surface area (Å²) in [6, 6.07) is 5.91. The van der Waals surface area contributed by atoms with Gasteiger partial charge in [-0.3, -0.25) is 9.78 Å². The predicted molar refractivity (Wildman–Crippen MR) is 93.2 cm³/mol. The van der Waals surface area contributed by atoms with E-state index in [2.05, 4.69) is 10.3 Å². The van der Waals surface area contributed by atoms with Crippen LogP contribution in [-0.4, -0.2) is 41.2 Å². The van der Waals surface area contributed by atoms with Gasteiger partial charge in [0, 0.05) is 38.1 Å². The molecule has 26 heavy (non-hydrogen) atoms. The summed E-state index contributed by atoms with van der Waals surface area (Å²) in [6.45, 7) is 1.63. The van der Waals surface area contributed by atoms with Crippen LogP contribution in [0.2, 0.25) is 0 Å².